The van der Waals surface area contributed by atoms with E-state index in [9.17, 15) is 14.7 Å². The summed E-state index contributed by atoms with van der Waals surface area (Å²) in [5.74, 6) is -0.499. The van der Waals surface area contributed by atoms with E-state index in [2.05, 4.69) is 6.92 Å². The third kappa shape index (κ3) is 2.55. The van der Waals surface area contributed by atoms with Crippen molar-refractivity contribution >= 4 is 11.9 Å². The summed E-state index contributed by atoms with van der Waals surface area (Å²) in [6.07, 6.45) is 3.21. The van der Waals surface area contributed by atoms with Gasteiger partial charge in [0.2, 0.25) is 5.91 Å². The molecule has 2 aliphatic heterocycles. The van der Waals surface area contributed by atoms with Gasteiger partial charge in [-0.2, -0.15) is 0 Å². The second-order valence-corrected chi connectivity index (χ2v) is 6.78. The number of hydrogen-bond donors (Lipinski definition) is 1. The Kier molecular flexibility index (Phi) is 4.62. The van der Waals surface area contributed by atoms with Crippen LogP contribution in [0.2, 0.25) is 0 Å². The second kappa shape index (κ2) is 6.58. The molecule has 1 amide bonds. The first-order valence-corrected chi connectivity index (χ1v) is 8.78. The summed E-state index contributed by atoms with van der Waals surface area (Å²) < 4.78 is 10.8. The van der Waals surface area contributed by atoms with Gasteiger partial charge < -0.3 is 19.5 Å². The van der Waals surface area contributed by atoms with Crippen molar-refractivity contribution in [3.8, 4) is 11.5 Å². The number of methoxy groups -OCH3 is 2. The van der Waals surface area contributed by atoms with Crippen LogP contribution in [0.4, 0.5) is 0 Å². The Morgan fingerprint density at radius 1 is 1.32 bits per heavy atom. The molecule has 3 rings (SSSR count). The van der Waals surface area contributed by atoms with E-state index in [1.165, 1.54) is 0 Å². The second-order valence-electron chi connectivity index (χ2n) is 6.78. The first kappa shape index (κ1) is 17.6. The van der Waals surface area contributed by atoms with Crippen molar-refractivity contribution in [1.29, 1.82) is 0 Å². The largest absolute Gasteiger partial charge is 0.493 e. The van der Waals surface area contributed by atoms with Crippen LogP contribution < -0.4 is 9.47 Å². The molecule has 2 atom stereocenters. The summed E-state index contributed by atoms with van der Waals surface area (Å²) in [4.78, 5) is 26.4. The van der Waals surface area contributed by atoms with Crippen LogP contribution in [-0.4, -0.2) is 42.6 Å². The Balaban J connectivity index is 2.23. The third-order valence-corrected chi connectivity index (χ3v) is 5.63. The highest BCUT2D eigenvalue weighted by atomic mass is 16.5. The average Bonchev–Trinajstić information content (AvgIpc) is 2.92. The van der Waals surface area contributed by atoms with Crippen molar-refractivity contribution in [1.82, 2.24) is 4.90 Å². The van der Waals surface area contributed by atoms with Crippen LogP contribution >= 0.6 is 0 Å². The zero-order valence-electron chi connectivity index (χ0n) is 15.0. The van der Waals surface area contributed by atoms with Crippen molar-refractivity contribution in [2.45, 2.75) is 44.6 Å². The Bertz CT molecular complexity index is 701. The van der Waals surface area contributed by atoms with Gasteiger partial charge in [0.1, 0.15) is 0 Å². The molecule has 136 valence electrons. The molecule has 0 aromatic heterocycles. The number of ether oxygens (including phenoxy) is 2. The molecule has 6 nitrogen and oxygen atoms in total. The van der Waals surface area contributed by atoms with Crippen LogP contribution in [0.5, 0.6) is 11.5 Å². The van der Waals surface area contributed by atoms with Gasteiger partial charge in [-0.25, -0.2) is 0 Å². The maximum atomic E-state index is 12.6. The maximum Gasteiger partial charge on any atom is 0.309 e. The lowest BCUT2D eigenvalue weighted by atomic mass is 9.71. The molecule has 0 aliphatic carbocycles. The molecule has 0 saturated carbocycles. The number of rotatable bonds is 6. The molecular formula is C19H25NO5. The molecule has 1 fully saturated rings. The lowest BCUT2D eigenvalue weighted by Crippen LogP contribution is -2.52. The normalized spacial score (nSPS) is 24.7. The third-order valence-electron chi connectivity index (χ3n) is 5.63. The van der Waals surface area contributed by atoms with Crippen molar-refractivity contribution in [2.24, 2.45) is 5.92 Å². The molecular weight excluding hydrogens is 322 g/mol. The predicted octanol–water partition coefficient (Wildman–Crippen LogP) is 2.58. The van der Waals surface area contributed by atoms with E-state index in [4.69, 9.17) is 9.47 Å². The van der Waals surface area contributed by atoms with Crippen LogP contribution in [0.25, 0.3) is 0 Å². The molecule has 1 aromatic rings. The summed E-state index contributed by atoms with van der Waals surface area (Å²) in [6, 6.07) is 3.81. The Hall–Kier alpha value is -2.24. The van der Waals surface area contributed by atoms with Crippen LogP contribution in [0.1, 0.15) is 43.7 Å². The predicted molar refractivity (Wildman–Crippen MR) is 91.9 cm³/mol. The average molecular weight is 347 g/mol. The van der Waals surface area contributed by atoms with E-state index >= 15 is 0 Å². The maximum absolute atomic E-state index is 12.6. The van der Waals surface area contributed by atoms with Crippen LogP contribution in [0, 0.1) is 5.92 Å². The fourth-order valence-electron chi connectivity index (χ4n) is 4.47. The van der Waals surface area contributed by atoms with Gasteiger partial charge in [-0.15, -0.1) is 0 Å². The summed E-state index contributed by atoms with van der Waals surface area (Å²) >= 11 is 0. The van der Waals surface area contributed by atoms with Crippen molar-refractivity contribution in [2.75, 3.05) is 20.8 Å². The van der Waals surface area contributed by atoms with Crippen molar-refractivity contribution < 1.29 is 24.2 Å². The molecule has 0 spiro atoms. The Labute approximate surface area is 147 Å². The Morgan fingerprint density at radius 2 is 2.00 bits per heavy atom. The number of carbonyl (C=O) groups is 2. The highest BCUT2D eigenvalue weighted by Gasteiger charge is 2.58. The summed E-state index contributed by atoms with van der Waals surface area (Å²) in [5, 5.41) is 9.85. The quantitative estimate of drug-likeness (QED) is 0.856. The Morgan fingerprint density at radius 3 is 2.60 bits per heavy atom. The van der Waals surface area contributed by atoms with Gasteiger partial charge in [-0.1, -0.05) is 19.8 Å². The first-order chi connectivity index (χ1) is 12.0. The molecule has 1 saturated heterocycles. The van der Waals surface area contributed by atoms with Crippen molar-refractivity contribution in [3.05, 3.63) is 23.3 Å². The minimum absolute atomic E-state index is 0.0623. The summed E-state index contributed by atoms with van der Waals surface area (Å²) in [5.41, 5.74) is 1.17. The highest BCUT2D eigenvalue weighted by Crippen LogP contribution is 2.53. The number of carboxylic acids is 1. The van der Waals surface area contributed by atoms with E-state index in [1.807, 2.05) is 12.1 Å². The van der Waals surface area contributed by atoms with Gasteiger partial charge in [0, 0.05) is 13.0 Å². The minimum atomic E-state index is -0.908. The standard InChI is InChI=1S/C19H25NO5/c1-4-5-7-19-13-10-16(25-3)15(24-2)9-12(13)6-8-20(19)17(21)11-14(19)18(22)23/h9-10,14H,4-8,11H2,1-3H3,(H,22,23)/t14-,19-/m1/s1. The number of hydrogen-bond acceptors (Lipinski definition) is 4. The number of carboxylic acid groups (broad SMARTS) is 1. The highest BCUT2D eigenvalue weighted by molar-refractivity contribution is 5.89. The van der Waals surface area contributed by atoms with E-state index in [-0.39, 0.29) is 12.3 Å². The van der Waals surface area contributed by atoms with Gasteiger partial charge in [0.25, 0.3) is 0 Å². The van der Waals surface area contributed by atoms with E-state index in [1.54, 1.807) is 19.1 Å². The van der Waals surface area contributed by atoms with Gasteiger partial charge >= 0.3 is 5.97 Å². The number of unbranched alkanes of at least 4 members (excludes halogenated alkanes) is 1. The lowest BCUT2D eigenvalue weighted by molar-refractivity contribution is -0.146. The molecule has 0 unspecified atom stereocenters. The SMILES string of the molecule is CCCC[C@]12c3cc(OC)c(OC)cc3CCN1C(=O)C[C@@H]2C(=O)O. The van der Waals surface area contributed by atoms with Gasteiger partial charge in [0.15, 0.2) is 11.5 Å². The fourth-order valence-corrected chi connectivity index (χ4v) is 4.47. The molecule has 1 aromatic carbocycles. The number of amides is 1. The zero-order valence-corrected chi connectivity index (χ0v) is 15.0. The van der Waals surface area contributed by atoms with Crippen molar-refractivity contribution in [3.63, 3.8) is 0 Å². The van der Waals surface area contributed by atoms with E-state index < -0.39 is 17.4 Å². The number of nitrogens with zero attached hydrogens (tertiary/aromatic N) is 1. The molecule has 2 aliphatic rings. The molecule has 25 heavy (non-hydrogen) atoms. The van der Waals surface area contributed by atoms with Gasteiger partial charge in [-0.05, 0) is 36.1 Å². The number of fused-ring (bicyclic) bond motifs is 3. The molecule has 1 N–H and O–H groups in total. The fraction of sp³-hybridized carbons (Fsp3) is 0.579. The molecule has 6 heteroatoms. The van der Waals surface area contributed by atoms with E-state index in [0.29, 0.717) is 30.9 Å². The van der Waals surface area contributed by atoms with Crippen LogP contribution in [0.3, 0.4) is 0 Å². The summed E-state index contributed by atoms with van der Waals surface area (Å²) in [7, 11) is 3.16. The molecule has 0 radical (unpaired) electrons. The smallest absolute Gasteiger partial charge is 0.309 e. The minimum Gasteiger partial charge on any atom is -0.493 e. The molecule has 2 heterocycles. The van der Waals surface area contributed by atoms with Crippen LogP contribution in [-0.2, 0) is 21.5 Å². The number of carbonyl (C=O) groups excluding carboxylic acids is 1. The molecule has 0 bridgehead atoms. The van der Waals surface area contributed by atoms with E-state index in [0.717, 1.165) is 24.0 Å². The number of aliphatic carboxylic acids is 1. The topological polar surface area (TPSA) is 76.1 Å². The number of benzene rings is 1. The van der Waals surface area contributed by atoms with Gasteiger partial charge in [-0.3, -0.25) is 9.59 Å². The first-order valence-electron chi connectivity index (χ1n) is 8.78. The zero-order chi connectivity index (χ0) is 18.2. The lowest BCUT2D eigenvalue weighted by Gasteiger charge is -2.46. The van der Waals surface area contributed by atoms with Crippen LogP contribution in [0.15, 0.2) is 12.1 Å². The summed E-state index contributed by atoms with van der Waals surface area (Å²) in [6.45, 7) is 2.63. The van der Waals surface area contributed by atoms with Gasteiger partial charge in [0.05, 0.1) is 25.7 Å². The monoisotopic (exact) mass is 347 g/mol.